The number of methoxy groups -OCH3 is 1. The first-order valence-corrected chi connectivity index (χ1v) is 11.9. The molecule has 33 heavy (non-hydrogen) atoms. The van der Waals surface area contributed by atoms with Gasteiger partial charge in [-0.1, -0.05) is 24.3 Å². The smallest absolute Gasteiger partial charge is 0.269 e. The number of hydrogen-bond donors (Lipinski definition) is 1. The van der Waals surface area contributed by atoms with Crippen molar-refractivity contribution < 1.29 is 27.5 Å². The number of hydrogen-bond acceptors (Lipinski definition) is 6. The molecule has 0 spiro atoms. The Balaban J connectivity index is 1.88. The minimum absolute atomic E-state index is 0.0256. The molecule has 1 aliphatic rings. The Bertz CT molecular complexity index is 1160. The first-order chi connectivity index (χ1) is 15.6. The molecule has 0 saturated carbocycles. The van der Waals surface area contributed by atoms with Crippen LogP contribution in [0.25, 0.3) is 0 Å². The van der Waals surface area contributed by atoms with Gasteiger partial charge in [0.25, 0.3) is 15.9 Å². The standard InChI is InChI=1S/C23H27N3O6S/c1-15(2)24-22(28)16(3)25(13-17-9-11-18(32-4)12-10-17)21(27)14-26-23(29)19-7-5-6-8-20(19)33(26,30)31/h5-12,15-16H,13-14H2,1-4H3,(H,24,28)/t16-/m1/s1. The fourth-order valence-corrected chi connectivity index (χ4v) is 5.03. The Hall–Kier alpha value is -3.40. The van der Waals surface area contributed by atoms with Gasteiger partial charge in [0.1, 0.15) is 23.2 Å². The second-order valence-electron chi connectivity index (χ2n) is 8.02. The third-order valence-corrected chi connectivity index (χ3v) is 7.09. The average Bonchev–Trinajstić information content (AvgIpc) is 2.97. The highest BCUT2D eigenvalue weighted by Gasteiger charge is 2.43. The minimum atomic E-state index is -4.15. The van der Waals surface area contributed by atoms with Crippen molar-refractivity contribution in [3.8, 4) is 5.75 Å². The van der Waals surface area contributed by atoms with Gasteiger partial charge in [0.05, 0.1) is 12.7 Å². The molecule has 2 aromatic rings. The highest BCUT2D eigenvalue weighted by Crippen LogP contribution is 2.30. The Labute approximate surface area is 193 Å². The fourth-order valence-electron chi connectivity index (χ4n) is 3.52. The molecular formula is C23H27N3O6S. The molecule has 9 nitrogen and oxygen atoms in total. The van der Waals surface area contributed by atoms with Gasteiger partial charge in [0.2, 0.25) is 11.8 Å². The summed E-state index contributed by atoms with van der Waals surface area (Å²) in [4.78, 5) is 39.9. The molecule has 0 radical (unpaired) electrons. The maximum atomic E-state index is 13.3. The Morgan fingerprint density at radius 1 is 1.06 bits per heavy atom. The summed E-state index contributed by atoms with van der Waals surface area (Å²) in [7, 11) is -2.62. The molecule has 0 bridgehead atoms. The van der Waals surface area contributed by atoms with Crippen LogP contribution in [0.15, 0.2) is 53.4 Å². The minimum Gasteiger partial charge on any atom is -0.497 e. The van der Waals surface area contributed by atoms with E-state index >= 15 is 0 Å². The summed E-state index contributed by atoms with van der Waals surface area (Å²) >= 11 is 0. The fraction of sp³-hybridized carbons (Fsp3) is 0.348. The number of nitrogens with one attached hydrogen (secondary N) is 1. The van der Waals surface area contributed by atoms with Crippen molar-refractivity contribution in [2.24, 2.45) is 0 Å². The molecule has 1 aliphatic heterocycles. The van der Waals surface area contributed by atoms with Gasteiger partial charge in [-0.15, -0.1) is 0 Å². The average molecular weight is 474 g/mol. The highest BCUT2D eigenvalue weighted by molar-refractivity contribution is 7.90. The monoisotopic (exact) mass is 473 g/mol. The highest BCUT2D eigenvalue weighted by atomic mass is 32.2. The zero-order valence-corrected chi connectivity index (χ0v) is 19.8. The molecule has 0 aliphatic carbocycles. The number of amides is 3. The lowest BCUT2D eigenvalue weighted by atomic mass is 10.1. The summed E-state index contributed by atoms with van der Waals surface area (Å²) in [5.41, 5.74) is 0.741. The van der Waals surface area contributed by atoms with E-state index in [1.165, 1.54) is 30.2 Å². The number of ether oxygens (including phenoxy) is 1. The molecule has 0 saturated heterocycles. The lowest BCUT2D eigenvalue weighted by Crippen LogP contribution is -2.52. The number of benzene rings is 2. The third-order valence-electron chi connectivity index (χ3n) is 5.30. The number of carbonyl (C=O) groups excluding carboxylic acids is 3. The lowest BCUT2D eigenvalue weighted by Gasteiger charge is -2.30. The van der Waals surface area contributed by atoms with E-state index in [9.17, 15) is 22.8 Å². The zero-order chi connectivity index (χ0) is 24.3. The van der Waals surface area contributed by atoms with Crippen LogP contribution >= 0.6 is 0 Å². The van der Waals surface area contributed by atoms with E-state index in [4.69, 9.17) is 4.74 Å². The van der Waals surface area contributed by atoms with Crippen LogP contribution in [0.2, 0.25) is 0 Å². The molecule has 3 rings (SSSR count). The second kappa shape index (κ2) is 9.62. The van der Waals surface area contributed by atoms with E-state index in [1.54, 1.807) is 51.1 Å². The van der Waals surface area contributed by atoms with Crippen LogP contribution in [0.4, 0.5) is 0 Å². The van der Waals surface area contributed by atoms with E-state index in [0.717, 1.165) is 0 Å². The summed E-state index contributed by atoms with van der Waals surface area (Å²) in [6, 6.07) is 11.7. The van der Waals surface area contributed by atoms with Gasteiger partial charge in [0.15, 0.2) is 0 Å². The molecule has 1 N–H and O–H groups in total. The van der Waals surface area contributed by atoms with Gasteiger partial charge in [-0.25, -0.2) is 12.7 Å². The van der Waals surface area contributed by atoms with E-state index in [2.05, 4.69) is 5.32 Å². The van der Waals surface area contributed by atoms with Crippen LogP contribution in [-0.4, -0.2) is 61.1 Å². The predicted octanol–water partition coefficient (Wildman–Crippen LogP) is 1.78. The van der Waals surface area contributed by atoms with Gasteiger partial charge >= 0.3 is 0 Å². The third kappa shape index (κ3) is 5.00. The van der Waals surface area contributed by atoms with Crippen molar-refractivity contribution in [1.29, 1.82) is 0 Å². The topological polar surface area (TPSA) is 113 Å². The van der Waals surface area contributed by atoms with E-state index in [0.29, 0.717) is 15.6 Å². The van der Waals surface area contributed by atoms with E-state index in [-0.39, 0.29) is 29.0 Å². The summed E-state index contributed by atoms with van der Waals surface area (Å²) in [6.07, 6.45) is 0. The number of carbonyl (C=O) groups is 3. The van der Waals surface area contributed by atoms with Crippen molar-refractivity contribution in [1.82, 2.24) is 14.5 Å². The van der Waals surface area contributed by atoms with Crippen LogP contribution in [-0.2, 0) is 26.2 Å². The van der Waals surface area contributed by atoms with Crippen molar-refractivity contribution in [3.05, 3.63) is 59.7 Å². The predicted molar refractivity (Wildman–Crippen MR) is 121 cm³/mol. The van der Waals surface area contributed by atoms with Crippen LogP contribution in [0.3, 0.4) is 0 Å². The largest absolute Gasteiger partial charge is 0.497 e. The molecular weight excluding hydrogens is 446 g/mol. The summed E-state index contributed by atoms with van der Waals surface area (Å²) in [5, 5.41) is 2.76. The number of sulfonamides is 1. The molecule has 2 aromatic carbocycles. The van der Waals surface area contributed by atoms with Crippen LogP contribution in [0.5, 0.6) is 5.75 Å². The molecule has 3 amide bonds. The molecule has 1 heterocycles. The van der Waals surface area contributed by atoms with Gasteiger partial charge < -0.3 is 15.0 Å². The van der Waals surface area contributed by atoms with Crippen molar-refractivity contribution in [2.45, 2.75) is 44.3 Å². The number of fused-ring (bicyclic) bond motifs is 1. The van der Waals surface area contributed by atoms with Crippen LogP contribution < -0.4 is 10.1 Å². The number of rotatable bonds is 8. The summed E-state index contributed by atoms with van der Waals surface area (Å²) in [6.45, 7) is 4.50. The van der Waals surface area contributed by atoms with Crippen LogP contribution in [0.1, 0.15) is 36.7 Å². The van der Waals surface area contributed by atoms with Crippen molar-refractivity contribution in [2.75, 3.05) is 13.7 Å². The SMILES string of the molecule is COc1ccc(CN(C(=O)CN2C(=O)c3ccccc3S2(=O)=O)[C@H](C)C(=O)NC(C)C)cc1. The molecule has 176 valence electrons. The molecule has 10 heteroatoms. The first-order valence-electron chi connectivity index (χ1n) is 10.4. The Morgan fingerprint density at radius 3 is 2.27 bits per heavy atom. The molecule has 0 fully saturated rings. The second-order valence-corrected chi connectivity index (χ2v) is 9.85. The van der Waals surface area contributed by atoms with Crippen LogP contribution in [0, 0.1) is 0 Å². The summed E-state index contributed by atoms with van der Waals surface area (Å²) in [5.74, 6) is -1.18. The Morgan fingerprint density at radius 2 is 1.70 bits per heavy atom. The van der Waals surface area contributed by atoms with Gasteiger partial charge in [-0.2, -0.15) is 0 Å². The first kappa shape index (κ1) is 24.2. The van der Waals surface area contributed by atoms with Crippen molar-refractivity contribution >= 4 is 27.7 Å². The molecule has 0 unspecified atom stereocenters. The lowest BCUT2D eigenvalue weighted by molar-refractivity contribution is -0.140. The van der Waals surface area contributed by atoms with Gasteiger partial charge in [-0.3, -0.25) is 14.4 Å². The molecule has 0 aromatic heterocycles. The normalized spacial score (nSPS) is 15.2. The van der Waals surface area contributed by atoms with E-state index < -0.39 is 34.4 Å². The summed E-state index contributed by atoms with van der Waals surface area (Å²) < 4.78 is 31.5. The number of nitrogens with zero attached hydrogens (tertiary/aromatic N) is 2. The van der Waals surface area contributed by atoms with Crippen molar-refractivity contribution in [3.63, 3.8) is 0 Å². The van der Waals surface area contributed by atoms with Gasteiger partial charge in [-0.05, 0) is 50.6 Å². The molecule has 1 atom stereocenters. The quantitative estimate of drug-likeness (QED) is 0.625. The van der Waals surface area contributed by atoms with Gasteiger partial charge in [0, 0.05) is 12.6 Å². The van der Waals surface area contributed by atoms with E-state index in [1.807, 2.05) is 0 Å². The zero-order valence-electron chi connectivity index (χ0n) is 18.9. The maximum absolute atomic E-state index is 13.3. The Kier molecular flexibility index (Phi) is 7.06. The maximum Gasteiger partial charge on any atom is 0.269 e.